The van der Waals surface area contributed by atoms with Gasteiger partial charge in [0.2, 0.25) is 0 Å². The van der Waals surface area contributed by atoms with Gasteiger partial charge in [-0.15, -0.1) is 0 Å². The molecule has 0 saturated heterocycles. The summed E-state index contributed by atoms with van der Waals surface area (Å²) in [4.78, 5) is 8.16. The first-order chi connectivity index (χ1) is 8.20. The molecule has 0 unspecified atom stereocenters. The van der Waals surface area contributed by atoms with Crippen LogP contribution in [0.25, 0.3) is 11.3 Å². The molecule has 17 heavy (non-hydrogen) atoms. The van der Waals surface area contributed by atoms with Crippen LogP contribution in [0.15, 0.2) is 30.6 Å². The van der Waals surface area contributed by atoms with Gasteiger partial charge in [0, 0.05) is 18.2 Å². The minimum atomic E-state index is -0.267. The normalized spacial score (nSPS) is 10.3. The Kier molecular flexibility index (Phi) is 3.32. The Hall–Kier alpha value is -1.97. The summed E-state index contributed by atoms with van der Waals surface area (Å²) in [6.45, 7) is 4.68. The molecule has 0 saturated carbocycles. The summed E-state index contributed by atoms with van der Waals surface area (Å²) in [7, 11) is 0. The van der Waals surface area contributed by atoms with Gasteiger partial charge in [-0.2, -0.15) is 0 Å². The second-order valence-corrected chi connectivity index (χ2v) is 3.80. The van der Waals surface area contributed by atoms with E-state index in [1.54, 1.807) is 18.2 Å². The molecule has 0 spiro atoms. The molecule has 4 heteroatoms. The van der Waals surface area contributed by atoms with E-state index in [2.05, 4.69) is 15.3 Å². The Morgan fingerprint density at radius 1 is 1.24 bits per heavy atom. The number of nitrogens with zero attached hydrogens (tertiary/aromatic N) is 2. The summed E-state index contributed by atoms with van der Waals surface area (Å²) in [5.74, 6) is 0.440. The fourth-order valence-electron chi connectivity index (χ4n) is 1.62. The van der Waals surface area contributed by atoms with Crippen LogP contribution < -0.4 is 5.32 Å². The van der Waals surface area contributed by atoms with E-state index in [1.807, 2.05) is 13.8 Å². The van der Waals surface area contributed by atoms with Crippen LogP contribution in [0.2, 0.25) is 0 Å². The van der Waals surface area contributed by atoms with Crippen molar-refractivity contribution < 1.29 is 4.39 Å². The lowest BCUT2D eigenvalue weighted by Gasteiger charge is -2.06. The van der Waals surface area contributed by atoms with Crippen LogP contribution in [-0.4, -0.2) is 16.5 Å². The smallest absolute Gasteiger partial charge is 0.132 e. The second kappa shape index (κ2) is 4.91. The standard InChI is InChI=1S/C13H14FN3/c1-3-15-13-7-12(16-8-17-13)10-6-9(2)4-5-11(10)14/h4-8H,3H2,1-2H3,(H,15,16,17). The number of nitrogens with one attached hydrogen (secondary N) is 1. The molecular weight excluding hydrogens is 217 g/mol. The molecule has 0 atom stereocenters. The third-order valence-electron chi connectivity index (χ3n) is 2.42. The largest absolute Gasteiger partial charge is 0.370 e. The van der Waals surface area contributed by atoms with Gasteiger partial charge in [-0.05, 0) is 26.0 Å². The molecule has 1 heterocycles. The van der Waals surface area contributed by atoms with Gasteiger partial charge in [-0.1, -0.05) is 11.6 Å². The lowest BCUT2D eigenvalue weighted by Crippen LogP contribution is -2.00. The minimum absolute atomic E-state index is 0.267. The van der Waals surface area contributed by atoms with Gasteiger partial charge in [-0.25, -0.2) is 14.4 Å². The highest BCUT2D eigenvalue weighted by molar-refractivity contribution is 5.63. The highest BCUT2D eigenvalue weighted by Gasteiger charge is 2.07. The van der Waals surface area contributed by atoms with E-state index in [0.717, 1.165) is 12.1 Å². The van der Waals surface area contributed by atoms with Crippen molar-refractivity contribution in [1.82, 2.24) is 9.97 Å². The number of aryl methyl sites for hydroxylation is 1. The number of hydrogen-bond acceptors (Lipinski definition) is 3. The highest BCUT2D eigenvalue weighted by atomic mass is 19.1. The summed E-state index contributed by atoms with van der Waals surface area (Å²) < 4.78 is 13.7. The molecule has 1 aromatic carbocycles. The molecule has 2 aromatic rings. The quantitative estimate of drug-likeness (QED) is 0.882. The summed E-state index contributed by atoms with van der Waals surface area (Å²) >= 11 is 0. The van der Waals surface area contributed by atoms with Crippen molar-refractivity contribution >= 4 is 5.82 Å². The maximum Gasteiger partial charge on any atom is 0.132 e. The number of anilines is 1. The third kappa shape index (κ3) is 2.58. The summed E-state index contributed by atoms with van der Waals surface area (Å²) in [5, 5.41) is 3.08. The summed E-state index contributed by atoms with van der Waals surface area (Å²) in [6.07, 6.45) is 1.44. The maximum absolute atomic E-state index is 13.7. The lowest BCUT2D eigenvalue weighted by atomic mass is 10.1. The zero-order chi connectivity index (χ0) is 12.3. The van der Waals surface area contributed by atoms with E-state index >= 15 is 0 Å². The van der Waals surface area contributed by atoms with Crippen LogP contribution in [0.4, 0.5) is 10.2 Å². The van der Waals surface area contributed by atoms with Crippen LogP contribution in [-0.2, 0) is 0 Å². The Morgan fingerprint density at radius 2 is 2.06 bits per heavy atom. The van der Waals surface area contributed by atoms with E-state index < -0.39 is 0 Å². The number of aromatic nitrogens is 2. The van der Waals surface area contributed by atoms with E-state index in [-0.39, 0.29) is 5.82 Å². The molecular formula is C13H14FN3. The SMILES string of the molecule is CCNc1cc(-c2cc(C)ccc2F)ncn1. The Morgan fingerprint density at radius 3 is 2.82 bits per heavy atom. The van der Waals surface area contributed by atoms with Gasteiger partial charge in [0.05, 0.1) is 5.69 Å². The first kappa shape index (κ1) is 11.5. The zero-order valence-electron chi connectivity index (χ0n) is 9.87. The Labute approximate surface area is 99.7 Å². The fourth-order valence-corrected chi connectivity index (χ4v) is 1.62. The van der Waals surface area contributed by atoms with Crippen LogP contribution >= 0.6 is 0 Å². The molecule has 0 amide bonds. The molecule has 1 N–H and O–H groups in total. The van der Waals surface area contributed by atoms with Gasteiger partial charge in [0.25, 0.3) is 0 Å². The Balaban J connectivity index is 2.45. The van der Waals surface area contributed by atoms with E-state index in [1.165, 1.54) is 12.4 Å². The molecule has 0 radical (unpaired) electrons. The van der Waals surface area contributed by atoms with Gasteiger partial charge in [-0.3, -0.25) is 0 Å². The molecule has 1 aromatic heterocycles. The van der Waals surface area contributed by atoms with E-state index in [0.29, 0.717) is 17.1 Å². The fraction of sp³-hybridized carbons (Fsp3) is 0.231. The van der Waals surface area contributed by atoms with Crippen LogP contribution in [0.1, 0.15) is 12.5 Å². The molecule has 0 aliphatic carbocycles. The summed E-state index contributed by atoms with van der Waals surface area (Å²) in [5.41, 5.74) is 2.11. The van der Waals surface area contributed by atoms with Gasteiger partial charge in [0.1, 0.15) is 18.0 Å². The van der Waals surface area contributed by atoms with Crippen molar-refractivity contribution in [2.45, 2.75) is 13.8 Å². The van der Waals surface area contributed by atoms with E-state index in [4.69, 9.17) is 0 Å². The lowest BCUT2D eigenvalue weighted by molar-refractivity contribution is 0.630. The monoisotopic (exact) mass is 231 g/mol. The van der Waals surface area contributed by atoms with Crippen LogP contribution in [0.3, 0.4) is 0 Å². The number of rotatable bonds is 3. The summed E-state index contributed by atoms with van der Waals surface area (Å²) in [6, 6.07) is 6.74. The zero-order valence-corrected chi connectivity index (χ0v) is 9.87. The maximum atomic E-state index is 13.7. The molecule has 2 rings (SSSR count). The van der Waals surface area contributed by atoms with Gasteiger partial charge >= 0.3 is 0 Å². The average Bonchev–Trinajstić information content (AvgIpc) is 2.33. The number of hydrogen-bond donors (Lipinski definition) is 1. The minimum Gasteiger partial charge on any atom is -0.370 e. The predicted molar refractivity (Wildman–Crippen MR) is 66.3 cm³/mol. The van der Waals surface area contributed by atoms with Gasteiger partial charge in [0.15, 0.2) is 0 Å². The molecule has 3 nitrogen and oxygen atoms in total. The van der Waals surface area contributed by atoms with Gasteiger partial charge < -0.3 is 5.32 Å². The molecule has 0 bridgehead atoms. The molecule has 0 aliphatic heterocycles. The molecule has 0 fully saturated rings. The first-order valence-corrected chi connectivity index (χ1v) is 5.53. The first-order valence-electron chi connectivity index (χ1n) is 5.53. The van der Waals surface area contributed by atoms with Crippen LogP contribution in [0.5, 0.6) is 0 Å². The molecule has 0 aliphatic rings. The Bertz CT molecular complexity index is 526. The second-order valence-electron chi connectivity index (χ2n) is 3.80. The van der Waals surface area contributed by atoms with Crippen LogP contribution in [0, 0.1) is 12.7 Å². The predicted octanol–water partition coefficient (Wildman–Crippen LogP) is 3.02. The van der Waals surface area contributed by atoms with Crippen molar-refractivity contribution in [3.8, 4) is 11.3 Å². The highest BCUT2D eigenvalue weighted by Crippen LogP contribution is 2.23. The molecule has 88 valence electrons. The van der Waals surface area contributed by atoms with Crippen molar-refractivity contribution in [2.24, 2.45) is 0 Å². The van der Waals surface area contributed by atoms with E-state index in [9.17, 15) is 4.39 Å². The van der Waals surface area contributed by atoms with Crippen molar-refractivity contribution in [1.29, 1.82) is 0 Å². The van der Waals surface area contributed by atoms with Crippen molar-refractivity contribution in [3.05, 3.63) is 42.0 Å². The average molecular weight is 231 g/mol. The third-order valence-corrected chi connectivity index (χ3v) is 2.42. The van der Waals surface area contributed by atoms with Crippen molar-refractivity contribution in [2.75, 3.05) is 11.9 Å². The number of benzene rings is 1. The topological polar surface area (TPSA) is 37.8 Å². The van der Waals surface area contributed by atoms with Crippen molar-refractivity contribution in [3.63, 3.8) is 0 Å². The number of halogens is 1.